The van der Waals surface area contributed by atoms with Crippen LogP contribution < -0.4 is 16.6 Å². The van der Waals surface area contributed by atoms with Crippen LogP contribution in [0, 0.1) is 6.92 Å². The molecule has 11 nitrogen and oxygen atoms in total. The number of H-pyrrole nitrogens is 1. The van der Waals surface area contributed by atoms with Crippen LogP contribution in [0.5, 0.6) is 0 Å². The van der Waals surface area contributed by atoms with Gasteiger partial charge in [0.15, 0.2) is 11.5 Å². The van der Waals surface area contributed by atoms with E-state index in [1.807, 2.05) is 18.2 Å². The second kappa shape index (κ2) is 9.29. The van der Waals surface area contributed by atoms with Crippen LogP contribution in [-0.2, 0) is 17.9 Å². The van der Waals surface area contributed by atoms with Crippen molar-refractivity contribution in [3.05, 3.63) is 88.6 Å². The molecule has 1 aromatic carbocycles. The Bertz CT molecular complexity index is 1620. The van der Waals surface area contributed by atoms with Gasteiger partial charge in [0, 0.05) is 40.8 Å². The van der Waals surface area contributed by atoms with E-state index in [9.17, 15) is 14.4 Å². The van der Waals surface area contributed by atoms with Crippen LogP contribution in [0.2, 0.25) is 0 Å². The van der Waals surface area contributed by atoms with Gasteiger partial charge in [0.2, 0.25) is 11.8 Å². The molecule has 0 bridgehead atoms. The third-order valence-corrected chi connectivity index (χ3v) is 5.63. The van der Waals surface area contributed by atoms with Gasteiger partial charge in [0.05, 0.1) is 6.54 Å². The van der Waals surface area contributed by atoms with Crippen molar-refractivity contribution in [3.8, 4) is 22.8 Å². The molecule has 0 aliphatic rings. The molecular weight excluding hydrogens is 462 g/mol. The van der Waals surface area contributed by atoms with Crippen molar-refractivity contribution in [3.63, 3.8) is 0 Å². The van der Waals surface area contributed by atoms with Crippen LogP contribution in [0.3, 0.4) is 0 Å². The van der Waals surface area contributed by atoms with Crippen molar-refractivity contribution in [2.24, 2.45) is 5.73 Å². The number of carbonyl (C=O) groups excluding carboxylic acids is 2. The van der Waals surface area contributed by atoms with E-state index in [0.717, 1.165) is 16.6 Å². The number of primary amides is 1. The molecule has 4 aromatic heterocycles. The molecule has 36 heavy (non-hydrogen) atoms. The average Bonchev–Trinajstić information content (AvgIpc) is 3.50. The van der Waals surface area contributed by atoms with Gasteiger partial charge in [-0.15, -0.1) is 0 Å². The van der Waals surface area contributed by atoms with E-state index >= 15 is 0 Å². The molecule has 0 radical (unpaired) electrons. The fourth-order valence-electron chi connectivity index (χ4n) is 3.81. The highest BCUT2D eigenvalue weighted by molar-refractivity contribution is 5.97. The molecule has 0 aliphatic heterocycles. The topological polar surface area (TPSA) is 162 Å². The number of pyridine rings is 1. The summed E-state index contributed by atoms with van der Waals surface area (Å²) in [6.07, 6.45) is 4.69. The number of nitrogens with zero attached hydrogens (tertiary/aromatic N) is 4. The Balaban J connectivity index is 1.41. The average molecular weight is 483 g/mol. The summed E-state index contributed by atoms with van der Waals surface area (Å²) in [6, 6.07) is 12.6. The molecule has 0 saturated carbocycles. The van der Waals surface area contributed by atoms with Gasteiger partial charge in [-0.2, -0.15) is 0 Å². The van der Waals surface area contributed by atoms with Crippen molar-refractivity contribution in [1.29, 1.82) is 0 Å². The normalized spacial score (nSPS) is 11.0. The fraction of sp³-hybridized carbons (Fsp3) is 0.120. The molecule has 11 heteroatoms. The number of fused-ring (bicyclic) bond motifs is 1. The number of aryl methyl sites for hydroxylation is 1. The zero-order valence-electron chi connectivity index (χ0n) is 19.2. The maximum Gasteiger partial charge on any atom is 0.271 e. The van der Waals surface area contributed by atoms with Crippen molar-refractivity contribution in [1.82, 2.24) is 29.8 Å². The van der Waals surface area contributed by atoms with Crippen molar-refractivity contribution in [2.45, 2.75) is 20.0 Å². The first kappa shape index (κ1) is 22.7. The van der Waals surface area contributed by atoms with Gasteiger partial charge in [0.25, 0.3) is 11.5 Å². The van der Waals surface area contributed by atoms with Gasteiger partial charge >= 0.3 is 0 Å². The van der Waals surface area contributed by atoms with E-state index in [-0.39, 0.29) is 36.0 Å². The Labute approximate surface area is 204 Å². The molecule has 2 amide bonds. The Morgan fingerprint density at radius 2 is 1.97 bits per heavy atom. The van der Waals surface area contributed by atoms with E-state index in [4.69, 9.17) is 10.2 Å². The lowest BCUT2D eigenvalue weighted by molar-refractivity contribution is -0.121. The summed E-state index contributed by atoms with van der Waals surface area (Å²) in [4.78, 5) is 53.8. The Kier molecular flexibility index (Phi) is 5.87. The molecule has 0 fully saturated rings. The van der Waals surface area contributed by atoms with Gasteiger partial charge in [-0.25, -0.2) is 9.97 Å². The monoisotopic (exact) mass is 483 g/mol. The minimum absolute atomic E-state index is 0.0278. The quantitative estimate of drug-likeness (QED) is 0.319. The molecule has 0 spiro atoms. The van der Waals surface area contributed by atoms with Crippen LogP contribution in [0.4, 0.5) is 0 Å². The van der Waals surface area contributed by atoms with Crippen molar-refractivity contribution in [2.75, 3.05) is 0 Å². The Morgan fingerprint density at radius 3 is 2.72 bits per heavy atom. The number of hydrogen-bond donors (Lipinski definition) is 3. The van der Waals surface area contributed by atoms with Gasteiger partial charge in [-0.05, 0) is 31.2 Å². The van der Waals surface area contributed by atoms with Gasteiger partial charge in [-0.1, -0.05) is 18.2 Å². The minimum atomic E-state index is -0.853. The summed E-state index contributed by atoms with van der Waals surface area (Å²) in [5.74, 6) is -0.891. The van der Waals surface area contributed by atoms with Crippen LogP contribution in [0.1, 0.15) is 22.0 Å². The molecule has 5 aromatic rings. The molecule has 0 atom stereocenters. The molecular formula is C25H21N7O4. The third-order valence-electron chi connectivity index (χ3n) is 5.63. The van der Waals surface area contributed by atoms with Gasteiger partial charge in [0.1, 0.15) is 17.9 Å². The highest BCUT2D eigenvalue weighted by Gasteiger charge is 2.24. The predicted molar refractivity (Wildman–Crippen MR) is 131 cm³/mol. The molecule has 4 N–H and O–H groups in total. The van der Waals surface area contributed by atoms with E-state index in [0.29, 0.717) is 11.4 Å². The van der Waals surface area contributed by atoms with E-state index in [1.54, 1.807) is 43.6 Å². The number of nitrogens with two attached hydrogens (primary N) is 1. The van der Waals surface area contributed by atoms with E-state index in [1.165, 1.54) is 10.8 Å². The first-order valence-electron chi connectivity index (χ1n) is 11.0. The first-order valence-corrected chi connectivity index (χ1v) is 11.0. The van der Waals surface area contributed by atoms with Gasteiger partial charge in [-0.3, -0.25) is 23.9 Å². The van der Waals surface area contributed by atoms with E-state index < -0.39 is 17.4 Å². The first-order chi connectivity index (χ1) is 17.4. The lowest BCUT2D eigenvalue weighted by Crippen LogP contribution is -2.34. The Hall–Kier alpha value is -5.06. The number of rotatable bonds is 7. The zero-order valence-corrected chi connectivity index (χ0v) is 19.2. The lowest BCUT2D eigenvalue weighted by Gasteiger charge is -2.11. The highest BCUT2D eigenvalue weighted by Crippen LogP contribution is 2.27. The number of carbonyl (C=O) groups is 2. The summed E-state index contributed by atoms with van der Waals surface area (Å²) in [5.41, 5.74) is 7.03. The maximum absolute atomic E-state index is 13.3. The van der Waals surface area contributed by atoms with Crippen molar-refractivity contribution < 1.29 is 14.0 Å². The second-order valence-electron chi connectivity index (χ2n) is 8.07. The molecule has 4 heterocycles. The zero-order chi connectivity index (χ0) is 25.2. The number of hydrogen-bond acceptors (Lipinski definition) is 7. The van der Waals surface area contributed by atoms with Crippen LogP contribution in [-0.4, -0.2) is 36.3 Å². The highest BCUT2D eigenvalue weighted by atomic mass is 16.4. The maximum atomic E-state index is 13.3. The third kappa shape index (κ3) is 4.37. The number of amides is 2. The number of oxazole rings is 1. The molecule has 180 valence electrons. The number of nitrogens with one attached hydrogen (secondary N) is 2. The van der Waals surface area contributed by atoms with Crippen molar-refractivity contribution >= 4 is 22.7 Å². The summed E-state index contributed by atoms with van der Waals surface area (Å²) < 4.78 is 6.99. The SMILES string of the molecule is Cc1ncc(-c2oc(-c3ccccc3)nc2C(N)=O)c(=O)n1CC(=O)NCc1cc2cnccc2[nH]1. The molecule has 0 saturated heterocycles. The molecule has 0 aliphatic carbocycles. The van der Waals surface area contributed by atoms with E-state index in [2.05, 4.69) is 25.3 Å². The number of aromatic amines is 1. The minimum Gasteiger partial charge on any atom is -0.435 e. The number of aromatic nitrogens is 5. The number of benzene rings is 1. The van der Waals surface area contributed by atoms with Crippen LogP contribution >= 0.6 is 0 Å². The molecule has 0 unspecified atom stereocenters. The summed E-state index contributed by atoms with van der Waals surface area (Å²) in [6.45, 7) is 1.57. The van der Waals surface area contributed by atoms with Crippen LogP contribution in [0.25, 0.3) is 33.7 Å². The smallest absolute Gasteiger partial charge is 0.271 e. The molecule has 5 rings (SSSR count). The largest absolute Gasteiger partial charge is 0.435 e. The summed E-state index contributed by atoms with van der Waals surface area (Å²) >= 11 is 0. The fourth-order valence-corrected chi connectivity index (χ4v) is 3.81. The summed E-state index contributed by atoms with van der Waals surface area (Å²) in [7, 11) is 0. The standard InChI is InChI=1S/C25H21N7O4/c1-14-28-12-18(22-21(23(26)34)31-24(36-22)15-5-3-2-4-6-15)25(35)32(14)13-20(33)29-11-17-9-16-10-27-8-7-19(16)30-17/h2-10,12,30H,11,13H2,1H3,(H2,26,34)(H,29,33). The predicted octanol–water partition coefficient (Wildman–Crippen LogP) is 2.17. The van der Waals surface area contributed by atoms with Crippen LogP contribution in [0.15, 0.2) is 70.3 Å². The lowest BCUT2D eigenvalue weighted by atomic mass is 10.2. The summed E-state index contributed by atoms with van der Waals surface area (Å²) in [5, 5.41) is 3.72. The Morgan fingerprint density at radius 1 is 1.17 bits per heavy atom. The second-order valence-corrected chi connectivity index (χ2v) is 8.07. The van der Waals surface area contributed by atoms with Gasteiger partial charge < -0.3 is 20.5 Å².